The molecule has 0 aromatic carbocycles. The molecule has 0 aromatic rings. The highest BCUT2D eigenvalue weighted by atomic mass is 16.6. The summed E-state index contributed by atoms with van der Waals surface area (Å²) in [4.78, 5) is 11.0. The van der Waals surface area contributed by atoms with Crippen molar-refractivity contribution in [1.29, 1.82) is 0 Å². The molecular formula is C25H42O6. The van der Waals surface area contributed by atoms with Gasteiger partial charge in [-0.1, -0.05) is 39.0 Å². The lowest BCUT2D eigenvalue weighted by atomic mass is 9.85. The van der Waals surface area contributed by atoms with Crippen LogP contribution in [0.3, 0.4) is 0 Å². The molecule has 31 heavy (non-hydrogen) atoms. The highest BCUT2D eigenvalue weighted by molar-refractivity contribution is 5.67. The summed E-state index contributed by atoms with van der Waals surface area (Å²) in [6.07, 6.45) is 8.21. The first-order chi connectivity index (χ1) is 14.5. The maximum absolute atomic E-state index is 11.0. The third kappa shape index (κ3) is 7.14. The van der Waals surface area contributed by atoms with Crippen LogP contribution in [0.4, 0.5) is 0 Å². The quantitative estimate of drug-likeness (QED) is 0.368. The molecule has 2 saturated heterocycles. The molecule has 2 aliphatic heterocycles. The first-order valence-electron chi connectivity index (χ1n) is 11.6. The Balaban J connectivity index is 1.89. The van der Waals surface area contributed by atoms with Gasteiger partial charge in [0.05, 0.1) is 42.5 Å². The topological polar surface area (TPSA) is 88.5 Å². The number of carboxylic acid groups (broad SMARTS) is 1. The van der Waals surface area contributed by atoms with E-state index in [0.717, 1.165) is 24.8 Å². The van der Waals surface area contributed by atoms with Crippen LogP contribution < -0.4 is 0 Å². The van der Waals surface area contributed by atoms with Crippen molar-refractivity contribution in [3.8, 4) is 0 Å². The summed E-state index contributed by atoms with van der Waals surface area (Å²) in [7, 11) is 1.63. The summed E-state index contributed by atoms with van der Waals surface area (Å²) < 4.78 is 17.6. The Morgan fingerprint density at radius 2 is 1.97 bits per heavy atom. The van der Waals surface area contributed by atoms with Crippen molar-refractivity contribution in [1.82, 2.24) is 0 Å². The van der Waals surface area contributed by atoms with E-state index < -0.39 is 12.1 Å². The van der Waals surface area contributed by atoms with Gasteiger partial charge in [-0.25, -0.2) is 0 Å². The average Bonchev–Trinajstić information content (AvgIpc) is 3.33. The summed E-state index contributed by atoms with van der Waals surface area (Å²) in [6, 6.07) is 0. The summed E-state index contributed by atoms with van der Waals surface area (Å²) in [5.41, 5.74) is 0.935. The van der Waals surface area contributed by atoms with Gasteiger partial charge in [0.15, 0.2) is 0 Å². The number of hydrogen-bond donors (Lipinski definition) is 2. The normalized spacial score (nSPS) is 35.5. The average molecular weight is 439 g/mol. The molecule has 9 atom stereocenters. The first kappa shape index (κ1) is 26.0. The zero-order valence-electron chi connectivity index (χ0n) is 20.2. The number of ether oxygens (including phenoxy) is 3. The molecular weight excluding hydrogens is 396 g/mol. The molecule has 0 bridgehead atoms. The fraction of sp³-hybridized carbons (Fsp3) is 0.800. The second-order valence-corrected chi connectivity index (χ2v) is 9.96. The van der Waals surface area contributed by atoms with Crippen LogP contribution in [0.2, 0.25) is 0 Å². The minimum atomic E-state index is -0.803. The van der Waals surface area contributed by atoms with Gasteiger partial charge >= 0.3 is 5.97 Å². The fourth-order valence-corrected chi connectivity index (χ4v) is 5.22. The van der Waals surface area contributed by atoms with Crippen molar-refractivity contribution in [3.05, 3.63) is 23.8 Å². The maximum atomic E-state index is 11.0. The van der Waals surface area contributed by atoms with Gasteiger partial charge in [0.1, 0.15) is 0 Å². The van der Waals surface area contributed by atoms with E-state index in [4.69, 9.17) is 19.3 Å². The van der Waals surface area contributed by atoms with E-state index in [-0.39, 0.29) is 42.4 Å². The zero-order valence-corrected chi connectivity index (χ0v) is 20.2. The van der Waals surface area contributed by atoms with Crippen LogP contribution in [0.1, 0.15) is 67.2 Å². The SMILES string of the molecule is CO[C@H]([C@@H](C)[C@H]1O[C@@]1(C)C[C@H](C)C=C/C=C(\C)[C@H]1O[C@@H](CC(=O)O)CC[C@@H]1C)[C@@H](C)O. The van der Waals surface area contributed by atoms with Gasteiger partial charge < -0.3 is 24.4 Å². The van der Waals surface area contributed by atoms with Gasteiger partial charge in [-0.15, -0.1) is 0 Å². The minimum Gasteiger partial charge on any atom is -0.481 e. The number of aliphatic hydroxyl groups excluding tert-OH is 1. The van der Waals surface area contributed by atoms with Crippen molar-refractivity contribution in [2.75, 3.05) is 7.11 Å². The molecule has 2 fully saturated rings. The Bertz CT molecular complexity index is 656. The minimum absolute atomic E-state index is 0.0287. The molecule has 0 saturated carbocycles. The number of carbonyl (C=O) groups is 1. The lowest BCUT2D eigenvalue weighted by molar-refractivity contribution is -0.143. The Morgan fingerprint density at radius 1 is 1.29 bits per heavy atom. The number of hydrogen-bond acceptors (Lipinski definition) is 5. The van der Waals surface area contributed by atoms with E-state index in [9.17, 15) is 9.90 Å². The lowest BCUT2D eigenvalue weighted by Crippen LogP contribution is -2.36. The molecule has 0 amide bonds. The van der Waals surface area contributed by atoms with E-state index in [1.165, 1.54) is 0 Å². The van der Waals surface area contributed by atoms with E-state index in [1.807, 2.05) is 0 Å². The standard InChI is InChI=1S/C25H42O6/c1-15(14-25(6)24(31-25)18(4)23(29-7)19(5)26)9-8-10-16(2)22-17(3)11-12-20(30-22)13-21(27)28/h8-10,15,17-20,22-24,26H,11-14H2,1-7H3,(H,27,28)/b9-8?,16-10+/t15-,17+,18-,19-,20-,22-,23-,24-,25+/m1/s1. The molecule has 0 unspecified atom stereocenters. The molecule has 2 aliphatic rings. The van der Waals surface area contributed by atoms with Crippen molar-refractivity contribution >= 4 is 5.97 Å². The number of aliphatic carboxylic acids is 1. The predicted molar refractivity (Wildman–Crippen MR) is 121 cm³/mol. The Hall–Kier alpha value is -1.21. The van der Waals surface area contributed by atoms with Gasteiger partial charge in [-0.05, 0) is 57.4 Å². The van der Waals surface area contributed by atoms with E-state index in [2.05, 4.69) is 52.8 Å². The van der Waals surface area contributed by atoms with Crippen molar-refractivity contribution in [3.63, 3.8) is 0 Å². The Morgan fingerprint density at radius 3 is 2.55 bits per heavy atom. The second kappa shape index (κ2) is 11.1. The zero-order chi connectivity index (χ0) is 23.3. The molecule has 2 N–H and O–H groups in total. The summed E-state index contributed by atoms with van der Waals surface area (Å²) >= 11 is 0. The monoisotopic (exact) mass is 438 g/mol. The largest absolute Gasteiger partial charge is 0.481 e. The third-order valence-electron chi connectivity index (χ3n) is 6.86. The van der Waals surface area contributed by atoms with Crippen LogP contribution in [0, 0.1) is 17.8 Å². The molecule has 2 heterocycles. The smallest absolute Gasteiger partial charge is 0.305 e. The van der Waals surface area contributed by atoms with Crippen molar-refractivity contribution in [2.45, 2.75) is 103 Å². The van der Waals surface area contributed by atoms with Gasteiger partial charge in [0.2, 0.25) is 0 Å². The number of methoxy groups -OCH3 is 1. The van der Waals surface area contributed by atoms with Gasteiger partial charge in [0, 0.05) is 13.0 Å². The van der Waals surface area contributed by atoms with Gasteiger partial charge in [0.25, 0.3) is 0 Å². The molecule has 178 valence electrons. The number of carboxylic acids is 1. The van der Waals surface area contributed by atoms with Crippen LogP contribution in [0.5, 0.6) is 0 Å². The number of epoxide rings is 1. The van der Waals surface area contributed by atoms with Crippen LogP contribution in [-0.2, 0) is 19.0 Å². The summed E-state index contributed by atoms with van der Waals surface area (Å²) in [6.45, 7) is 12.4. The highest BCUT2D eigenvalue weighted by Gasteiger charge is 2.56. The Kier molecular flexibility index (Phi) is 9.31. The van der Waals surface area contributed by atoms with E-state index >= 15 is 0 Å². The van der Waals surface area contributed by atoms with Crippen LogP contribution in [-0.4, -0.2) is 59.4 Å². The lowest BCUT2D eigenvalue weighted by Gasteiger charge is -2.35. The van der Waals surface area contributed by atoms with Gasteiger partial charge in [-0.2, -0.15) is 0 Å². The Labute approximate surface area is 187 Å². The number of aliphatic hydroxyl groups is 1. The maximum Gasteiger partial charge on any atom is 0.305 e. The van der Waals surface area contributed by atoms with Gasteiger partial charge in [-0.3, -0.25) is 4.79 Å². The van der Waals surface area contributed by atoms with Crippen LogP contribution in [0.25, 0.3) is 0 Å². The predicted octanol–water partition coefficient (Wildman–Crippen LogP) is 4.36. The molecule has 6 nitrogen and oxygen atoms in total. The molecule has 0 spiro atoms. The second-order valence-electron chi connectivity index (χ2n) is 9.96. The molecule has 2 rings (SSSR count). The first-order valence-corrected chi connectivity index (χ1v) is 11.6. The molecule has 0 aliphatic carbocycles. The number of rotatable bonds is 11. The van der Waals surface area contributed by atoms with Crippen molar-refractivity contribution < 1.29 is 29.2 Å². The van der Waals surface area contributed by atoms with Crippen LogP contribution >= 0.6 is 0 Å². The van der Waals surface area contributed by atoms with Crippen LogP contribution in [0.15, 0.2) is 23.8 Å². The molecule has 0 aromatic heterocycles. The van der Waals surface area contributed by atoms with Crippen molar-refractivity contribution in [2.24, 2.45) is 17.8 Å². The summed E-state index contributed by atoms with van der Waals surface area (Å²) in [5, 5.41) is 19.0. The number of allylic oxidation sites excluding steroid dienone is 3. The highest BCUT2D eigenvalue weighted by Crippen LogP contribution is 2.47. The molecule has 6 heteroatoms. The third-order valence-corrected chi connectivity index (χ3v) is 6.86. The van der Waals surface area contributed by atoms with E-state index in [1.54, 1.807) is 14.0 Å². The fourth-order valence-electron chi connectivity index (χ4n) is 5.22. The summed E-state index contributed by atoms with van der Waals surface area (Å²) in [5.74, 6) is 0.0402. The van der Waals surface area contributed by atoms with E-state index in [0.29, 0.717) is 11.8 Å². The molecule has 0 radical (unpaired) electrons.